The maximum Gasteiger partial charge on any atom is 0.149 e. The van der Waals surface area contributed by atoms with Gasteiger partial charge in [0.2, 0.25) is 0 Å². The van der Waals surface area contributed by atoms with Crippen molar-refractivity contribution < 1.29 is 8.78 Å². The second-order valence-electron chi connectivity index (χ2n) is 4.67. The summed E-state index contributed by atoms with van der Waals surface area (Å²) in [5, 5.41) is 0.446. The average Bonchev–Trinajstić information content (AvgIpc) is 2.80. The monoisotopic (exact) mass is 323 g/mol. The van der Waals surface area contributed by atoms with Crippen molar-refractivity contribution in [2.75, 3.05) is 4.90 Å². The van der Waals surface area contributed by atoms with Gasteiger partial charge in [0, 0.05) is 18.4 Å². The van der Waals surface area contributed by atoms with Crippen LogP contribution >= 0.6 is 15.9 Å². The first-order valence-corrected chi connectivity index (χ1v) is 7.17. The van der Waals surface area contributed by atoms with E-state index < -0.39 is 11.6 Å². The molecule has 1 nitrogen and oxygen atoms in total. The predicted molar refractivity (Wildman–Crippen MR) is 75.3 cm³/mol. The van der Waals surface area contributed by atoms with Gasteiger partial charge in [0.05, 0.1) is 0 Å². The van der Waals surface area contributed by atoms with Gasteiger partial charge in [-0.25, -0.2) is 8.78 Å². The summed E-state index contributed by atoms with van der Waals surface area (Å²) >= 11 is 3.21. The molecule has 0 amide bonds. The highest BCUT2D eigenvalue weighted by Crippen LogP contribution is 2.32. The quantitative estimate of drug-likeness (QED) is 0.741. The topological polar surface area (TPSA) is 3.24 Å². The SMILES string of the molecule is Fc1cc(CBr)cc(F)c1N1Cc2ccccc2C1. The lowest BCUT2D eigenvalue weighted by atomic mass is 10.1. The van der Waals surface area contributed by atoms with Gasteiger partial charge in [0.15, 0.2) is 0 Å². The summed E-state index contributed by atoms with van der Waals surface area (Å²) in [6.07, 6.45) is 0. The number of hydrogen-bond donors (Lipinski definition) is 0. The summed E-state index contributed by atoms with van der Waals surface area (Å²) in [5.41, 5.74) is 2.94. The lowest BCUT2D eigenvalue weighted by molar-refractivity contribution is 0.571. The Labute approximate surface area is 119 Å². The second-order valence-corrected chi connectivity index (χ2v) is 5.23. The first kappa shape index (κ1) is 12.6. The molecule has 0 saturated carbocycles. The van der Waals surface area contributed by atoms with Gasteiger partial charge in [-0.05, 0) is 28.8 Å². The van der Waals surface area contributed by atoms with E-state index >= 15 is 0 Å². The molecule has 0 aliphatic carbocycles. The van der Waals surface area contributed by atoms with Gasteiger partial charge in [0.25, 0.3) is 0 Å². The fourth-order valence-corrected chi connectivity index (χ4v) is 2.81. The summed E-state index contributed by atoms with van der Waals surface area (Å²) in [7, 11) is 0. The molecule has 1 aliphatic heterocycles. The van der Waals surface area contributed by atoms with Gasteiger partial charge < -0.3 is 4.90 Å². The molecule has 0 saturated heterocycles. The molecule has 19 heavy (non-hydrogen) atoms. The van der Waals surface area contributed by atoms with E-state index in [1.165, 1.54) is 12.1 Å². The molecule has 1 aliphatic rings. The number of rotatable bonds is 2. The molecule has 0 spiro atoms. The summed E-state index contributed by atoms with van der Waals surface area (Å²) in [5.74, 6) is -0.996. The van der Waals surface area contributed by atoms with E-state index in [4.69, 9.17) is 0 Å². The van der Waals surface area contributed by atoms with E-state index in [2.05, 4.69) is 15.9 Å². The molecule has 2 aromatic carbocycles. The molecule has 0 radical (unpaired) electrons. The molecule has 0 atom stereocenters. The van der Waals surface area contributed by atoms with Crippen molar-refractivity contribution in [3.63, 3.8) is 0 Å². The van der Waals surface area contributed by atoms with Crippen LogP contribution in [0.15, 0.2) is 36.4 Å². The van der Waals surface area contributed by atoms with E-state index in [0.717, 1.165) is 11.1 Å². The van der Waals surface area contributed by atoms with E-state index in [1.807, 2.05) is 24.3 Å². The van der Waals surface area contributed by atoms with Crippen LogP contribution in [0.3, 0.4) is 0 Å². The van der Waals surface area contributed by atoms with Crippen LogP contribution in [0.5, 0.6) is 0 Å². The van der Waals surface area contributed by atoms with E-state index in [9.17, 15) is 8.78 Å². The molecule has 0 aromatic heterocycles. The largest absolute Gasteiger partial charge is 0.358 e. The van der Waals surface area contributed by atoms with Gasteiger partial charge >= 0.3 is 0 Å². The smallest absolute Gasteiger partial charge is 0.149 e. The Morgan fingerprint density at radius 2 is 1.53 bits per heavy atom. The summed E-state index contributed by atoms with van der Waals surface area (Å²) in [4.78, 5) is 1.74. The van der Waals surface area contributed by atoms with E-state index in [1.54, 1.807) is 4.90 Å². The van der Waals surface area contributed by atoms with Gasteiger partial charge in [-0.3, -0.25) is 0 Å². The summed E-state index contributed by atoms with van der Waals surface area (Å²) in [6.45, 7) is 1.11. The highest BCUT2D eigenvalue weighted by molar-refractivity contribution is 9.08. The van der Waals surface area contributed by atoms with E-state index in [0.29, 0.717) is 24.0 Å². The first-order chi connectivity index (χ1) is 9.19. The number of halogens is 3. The molecule has 0 bridgehead atoms. The molecule has 4 heteroatoms. The first-order valence-electron chi connectivity index (χ1n) is 6.04. The van der Waals surface area contributed by atoms with Crippen molar-refractivity contribution in [2.24, 2.45) is 0 Å². The Bertz CT molecular complexity index is 579. The summed E-state index contributed by atoms with van der Waals surface area (Å²) in [6, 6.07) is 10.7. The van der Waals surface area contributed by atoms with Gasteiger partial charge in [0.1, 0.15) is 17.3 Å². The number of fused-ring (bicyclic) bond motifs is 1. The third-order valence-corrected chi connectivity index (χ3v) is 4.04. The number of anilines is 1. The number of alkyl halides is 1. The fraction of sp³-hybridized carbons (Fsp3) is 0.200. The molecular weight excluding hydrogens is 312 g/mol. The molecule has 3 rings (SSSR count). The number of nitrogens with zero attached hydrogens (tertiary/aromatic N) is 1. The number of benzene rings is 2. The van der Waals surface area contributed by atoms with Crippen LogP contribution in [0.25, 0.3) is 0 Å². The number of hydrogen-bond acceptors (Lipinski definition) is 1. The van der Waals surface area contributed by atoms with Crippen LogP contribution in [0.1, 0.15) is 16.7 Å². The van der Waals surface area contributed by atoms with E-state index in [-0.39, 0.29) is 5.69 Å². The molecule has 2 aromatic rings. The standard InChI is InChI=1S/C15H12BrF2N/c16-7-10-5-13(17)15(14(18)6-10)19-8-11-3-1-2-4-12(11)9-19/h1-6H,7-9H2. The highest BCUT2D eigenvalue weighted by Gasteiger charge is 2.24. The van der Waals surface area contributed by atoms with Gasteiger partial charge in [-0.1, -0.05) is 40.2 Å². The maximum absolute atomic E-state index is 14.1. The minimum absolute atomic E-state index is 0.0703. The highest BCUT2D eigenvalue weighted by atomic mass is 79.9. The zero-order chi connectivity index (χ0) is 13.4. The minimum Gasteiger partial charge on any atom is -0.358 e. The molecule has 0 fully saturated rings. The lowest BCUT2D eigenvalue weighted by Gasteiger charge is -2.19. The van der Waals surface area contributed by atoms with Crippen molar-refractivity contribution in [1.29, 1.82) is 0 Å². The van der Waals surface area contributed by atoms with Gasteiger partial charge in [-0.15, -0.1) is 0 Å². The van der Waals surface area contributed by atoms with Crippen LogP contribution in [0, 0.1) is 11.6 Å². The average molecular weight is 324 g/mol. The van der Waals surface area contributed by atoms with Crippen molar-refractivity contribution in [3.8, 4) is 0 Å². The Hall–Kier alpha value is -1.42. The van der Waals surface area contributed by atoms with Crippen molar-refractivity contribution in [1.82, 2.24) is 0 Å². The Kier molecular flexibility index (Phi) is 3.27. The molecular formula is C15H12BrF2N. The van der Waals surface area contributed by atoms with Crippen LogP contribution in [-0.4, -0.2) is 0 Å². The lowest BCUT2D eigenvalue weighted by Crippen LogP contribution is -2.18. The van der Waals surface area contributed by atoms with Crippen molar-refractivity contribution in [3.05, 3.63) is 64.7 Å². The Morgan fingerprint density at radius 3 is 2.00 bits per heavy atom. The van der Waals surface area contributed by atoms with Crippen LogP contribution in [0.2, 0.25) is 0 Å². The molecule has 0 N–H and O–H groups in total. The van der Waals surface area contributed by atoms with Crippen LogP contribution in [-0.2, 0) is 18.4 Å². The minimum atomic E-state index is -0.498. The third-order valence-electron chi connectivity index (χ3n) is 3.39. The zero-order valence-corrected chi connectivity index (χ0v) is 11.8. The van der Waals surface area contributed by atoms with Crippen molar-refractivity contribution >= 4 is 21.6 Å². The van der Waals surface area contributed by atoms with Crippen molar-refractivity contribution in [2.45, 2.75) is 18.4 Å². The Morgan fingerprint density at radius 1 is 1.00 bits per heavy atom. The normalized spacial score (nSPS) is 13.7. The summed E-state index contributed by atoms with van der Waals surface area (Å²) < 4.78 is 28.1. The fourth-order valence-electron chi connectivity index (χ4n) is 2.49. The second kappa shape index (κ2) is 4.93. The Balaban J connectivity index is 1.97. The predicted octanol–water partition coefficient (Wildman–Crippen LogP) is 4.38. The van der Waals surface area contributed by atoms with Gasteiger partial charge in [-0.2, -0.15) is 0 Å². The molecule has 1 heterocycles. The molecule has 0 unspecified atom stereocenters. The zero-order valence-electron chi connectivity index (χ0n) is 10.2. The van der Waals surface area contributed by atoms with Crippen LogP contribution < -0.4 is 4.90 Å². The third kappa shape index (κ3) is 2.25. The van der Waals surface area contributed by atoms with Crippen LogP contribution in [0.4, 0.5) is 14.5 Å². The maximum atomic E-state index is 14.1. The molecule has 98 valence electrons.